The van der Waals surface area contributed by atoms with Crippen LogP contribution in [0.3, 0.4) is 0 Å². The molecular weight excluding hydrogens is 474 g/mol. The first-order valence-corrected chi connectivity index (χ1v) is 13.2. The summed E-state index contributed by atoms with van der Waals surface area (Å²) >= 11 is 0. The number of nitrogens with zero attached hydrogens (tertiary/aromatic N) is 3. The topological polar surface area (TPSA) is 109 Å². The number of anilines is 2. The third kappa shape index (κ3) is 5.17. The quantitative estimate of drug-likeness (QED) is 0.391. The first-order chi connectivity index (χ1) is 17.4. The second-order valence-electron chi connectivity index (χ2n) is 8.82. The number of nitrogens with two attached hydrogens (primary N) is 1. The first-order valence-electron chi connectivity index (χ1n) is 11.7. The van der Waals surface area contributed by atoms with Gasteiger partial charge in [0.15, 0.2) is 0 Å². The van der Waals surface area contributed by atoms with Crippen LogP contribution in [0.15, 0.2) is 90.0 Å². The second-order valence-corrected chi connectivity index (χ2v) is 10.5. The van der Waals surface area contributed by atoms with E-state index in [1.54, 1.807) is 42.6 Å². The molecule has 1 fully saturated rings. The fourth-order valence-electron chi connectivity index (χ4n) is 4.36. The second kappa shape index (κ2) is 9.96. The molecule has 3 N–H and O–H groups in total. The predicted octanol–water partition coefficient (Wildman–Crippen LogP) is 3.58. The van der Waals surface area contributed by atoms with E-state index in [0.29, 0.717) is 29.9 Å². The van der Waals surface area contributed by atoms with Crippen LogP contribution in [0, 0.1) is 0 Å². The van der Waals surface area contributed by atoms with Crippen LogP contribution >= 0.6 is 0 Å². The predicted molar refractivity (Wildman–Crippen MR) is 141 cm³/mol. The molecule has 1 aliphatic rings. The summed E-state index contributed by atoms with van der Waals surface area (Å²) in [5, 5.41) is 0.745. The number of fused-ring (bicyclic) bond motifs is 1. The van der Waals surface area contributed by atoms with Gasteiger partial charge in [0.1, 0.15) is 4.90 Å². The Morgan fingerprint density at radius 2 is 1.58 bits per heavy atom. The number of sulfonamides is 1. The molecule has 5 rings (SSSR count). The van der Waals surface area contributed by atoms with Gasteiger partial charge < -0.3 is 10.6 Å². The number of nitrogens with one attached hydrogen (secondary N) is 1. The number of para-hydroxylation sites is 1. The highest BCUT2D eigenvalue weighted by molar-refractivity contribution is 7.93. The summed E-state index contributed by atoms with van der Waals surface area (Å²) in [6.07, 6.45) is 1.57. The molecule has 0 radical (unpaired) electrons. The lowest BCUT2D eigenvalue weighted by atomic mass is 10.1. The highest BCUT2D eigenvalue weighted by Gasteiger charge is 2.23. The third-order valence-corrected chi connectivity index (χ3v) is 7.73. The van der Waals surface area contributed by atoms with E-state index in [-0.39, 0.29) is 10.8 Å². The summed E-state index contributed by atoms with van der Waals surface area (Å²) in [6.45, 7) is 3.66. The van der Waals surface area contributed by atoms with Crippen LogP contribution < -0.4 is 10.5 Å². The van der Waals surface area contributed by atoms with E-state index in [4.69, 9.17) is 5.73 Å². The van der Waals surface area contributed by atoms with E-state index in [1.807, 2.05) is 41.3 Å². The number of pyridine rings is 1. The molecule has 4 aromatic rings. The molecule has 0 spiro atoms. The Morgan fingerprint density at radius 1 is 0.889 bits per heavy atom. The number of hydrogen-bond donors (Lipinski definition) is 2. The number of rotatable bonds is 6. The lowest BCUT2D eigenvalue weighted by Gasteiger charge is -2.34. The average Bonchev–Trinajstić information content (AvgIpc) is 2.90. The zero-order chi connectivity index (χ0) is 25.1. The Hall–Kier alpha value is -3.95. The number of nitrogen functional groups attached to an aromatic ring is 1. The van der Waals surface area contributed by atoms with Crippen molar-refractivity contribution in [2.45, 2.75) is 11.4 Å². The minimum absolute atomic E-state index is 0.0604. The van der Waals surface area contributed by atoms with Crippen LogP contribution in [0.5, 0.6) is 0 Å². The van der Waals surface area contributed by atoms with Crippen molar-refractivity contribution in [1.82, 2.24) is 14.8 Å². The van der Waals surface area contributed by atoms with Gasteiger partial charge in [-0.2, -0.15) is 0 Å². The van der Waals surface area contributed by atoms with E-state index < -0.39 is 10.0 Å². The van der Waals surface area contributed by atoms with Crippen LogP contribution in [-0.2, 0) is 16.6 Å². The molecule has 36 heavy (non-hydrogen) atoms. The number of aromatic nitrogens is 1. The lowest BCUT2D eigenvalue weighted by Crippen LogP contribution is -2.48. The summed E-state index contributed by atoms with van der Waals surface area (Å²) < 4.78 is 28.6. The highest BCUT2D eigenvalue weighted by Crippen LogP contribution is 2.24. The summed E-state index contributed by atoms with van der Waals surface area (Å²) in [4.78, 5) is 21.5. The Bertz CT molecular complexity index is 1480. The molecule has 0 aliphatic carbocycles. The minimum Gasteiger partial charge on any atom is -0.399 e. The monoisotopic (exact) mass is 501 g/mol. The molecule has 8 nitrogen and oxygen atoms in total. The van der Waals surface area contributed by atoms with Gasteiger partial charge in [0.2, 0.25) is 0 Å². The standard InChI is InChI=1S/C27H27N5O3S/c28-23-10-6-20(7-11-23)19-31-15-17-32(18-16-31)27(33)22-8-12-24(13-9-22)30-36(34,35)25-5-1-3-21-4-2-14-29-26(21)25/h1-14,30H,15-19,28H2. The molecule has 1 aliphatic heterocycles. The van der Waals surface area contributed by atoms with Crippen LogP contribution in [0.2, 0.25) is 0 Å². The minimum atomic E-state index is -3.85. The number of carbonyl (C=O) groups is 1. The van der Waals surface area contributed by atoms with Crippen molar-refractivity contribution < 1.29 is 13.2 Å². The fourth-order valence-corrected chi connectivity index (χ4v) is 5.60. The molecule has 1 saturated heterocycles. The Morgan fingerprint density at radius 3 is 2.31 bits per heavy atom. The smallest absolute Gasteiger partial charge is 0.264 e. The van der Waals surface area contributed by atoms with E-state index in [2.05, 4.69) is 14.6 Å². The van der Waals surface area contributed by atoms with E-state index in [0.717, 1.165) is 30.7 Å². The Kier molecular flexibility index (Phi) is 6.58. The zero-order valence-corrected chi connectivity index (χ0v) is 20.5. The third-order valence-electron chi connectivity index (χ3n) is 6.31. The summed E-state index contributed by atoms with van der Waals surface area (Å²) in [5.41, 5.74) is 9.02. The number of benzene rings is 3. The molecule has 1 amide bonds. The molecule has 3 aromatic carbocycles. The maximum atomic E-state index is 13.0. The van der Waals surface area contributed by atoms with Crippen molar-refractivity contribution in [3.05, 3.63) is 96.2 Å². The molecule has 1 aromatic heterocycles. The molecule has 0 unspecified atom stereocenters. The number of amides is 1. The zero-order valence-electron chi connectivity index (χ0n) is 19.7. The number of piperazine rings is 1. The molecule has 0 saturated carbocycles. The molecule has 9 heteroatoms. The van der Waals surface area contributed by atoms with Gasteiger partial charge in [-0.15, -0.1) is 0 Å². The van der Waals surface area contributed by atoms with Gasteiger partial charge in [-0.05, 0) is 54.1 Å². The van der Waals surface area contributed by atoms with Gasteiger partial charge in [0.25, 0.3) is 15.9 Å². The van der Waals surface area contributed by atoms with E-state index in [9.17, 15) is 13.2 Å². The largest absolute Gasteiger partial charge is 0.399 e. The summed E-state index contributed by atoms with van der Waals surface area (Å²) in [5.74, 6) is -0.0604. The van der Waals surface area contributed by atoms with Crippen molar-refractivity contribution in [1.29, 1.82) is 0 Å². The number of carbonyl (C=O) groups excluding carboxylic acids is 1. The first kappa shape index (κ1) is 23.8. The normalized spacial score (nSPS) is 14.6. The van der Waals surface area contributed by atoms with Gasteiger partial charge in [-0.1, -0.05) is 30.3 Å². The van der Waals surface area contributed by atoms with Crippen molar-refractivity contribution in [2.75, 3.05) is 36.6 Å². The van der Waals surface area contributed by atoms with Crippen molar-refractivity contribution in [2.24, 2.45) is 0 Å². The van der Waals surface area contributed by atoms with Crippen LogP contribution in [-0.4, -0.2) is 55.3 Å². The van der Waals surface area contributed by atoms with Crippen molar-refractivity contribution in [3.8, 4) is 0 Å². The maximum Gasteiger partial charge on any atom is 0.264 e. The molecule has 0 atom stereocenters. The molecular formula is C27H27N5O3S. The van der Waals surface area contributed by atoms with Gasteiger partial charge in [0.05, 0.1) is 5.52 Å². The molecule has 0 bridgehead atoms. The van der Waals surface area contributed by atoms with E-state index in [1.165, 1.54) is 11.6 Å². The van der Waals surface area contributed by atoms with Gasteiger partial charge in [0, 0.05) is 61.2 Å². The lowest BCUT2D eigenvalue weighted by molar-refractivity contribution is 0.0628. The Balaban J connectivity index is 1.21. The highest BCUT2D eigenvalue weighted by atomic mass is 32.2. The van der Waals surface area contributed by atoms with Crippen LogP contribution in [0.1, 0.15) is 15.9 Å². The van der Waals surface area contributed by atoms with Gasteiger partial charge in [-0.25, -0.2) is 8.42 Å². The van der Waals surface area contributed by atoms with Crippen molar-refractivity contribution >= 4 is 38.2 Å². The summed E-state index contributed by atoms with van der Waals surface area (Å²) in [7, 11) is -3.85. The molecule has 184 valence electrons. The average molecular weight is 502 g/mol. The number of hydrogen-bond acceptors (Lipinski definition) is 6. The van der Waals surface area contributed by atoms with Crippen LogP contribution in [0.4, 0.5) is 11.4 Å². The Labute approximate surface area is 210 Å². The molecule has 2 heterocycles. The van der Waals surface area contributed by atoms with Gasteiger partial charge >= 0.3 is 0 Å². The van der Waals surface area contributed by atoms with Gasteiger partial charge in [-0.3, -0.25) is 19.4 Å². The van der Waals surface area contributed by atoms with E-state index >= 15 is 0 Å². The fraction of sp³-hybridized carbons (Fsp3) is 0.185. The van der Waals surface area contributed by atoms with Crippen LogP contribution in [0.25, 0.3) is 10.9 Å². The van der Waals surface area contributed by atoms with Crippen molar-refractivity contribution in [3.63, 3.8) is 0 Å². The maximum absolute atomic E-state index is 13.0. The summed E-state index contributed by atoms with van der Waals surface area (Å²) in [6, 6.07) is 23.0. The SMILES string of the molecule is Nc1ccc(CN2CCN(C(=O)c3ccc(NS(=O)(=O)c4cccc5cccnc45)cc3)CC2)cc1.